The largest absolute Gasteiger partial charge is 0.375 e. The van der Waals surface area contributed by atoms with Crippen LogP contribution in [0, 0.1) is 5.92 Å². The Hall–Kier alpha value is -0.810. The molecule has 5 heteroatoms. The van der Waals surface area contributed by atoms with Gasteiger partial charge in [0.2, 0.25) is 5.96 Å². The van der Waals surface area contributed by atoms with Gasteiger partial charge in [-0.15, -0.1) is 0 Å². The molecule has 1 rings (SSSR count). The normalized spacial score (nSPS) is 22.7. The number of hydrogen-bond donors (Lipinski definition) is 2. The van der Waals surface area contributed by atoms with Crippen LogP contribution in [0.15, 0.2) is 4.99 Å². The second-order valence-electron chi connectivity index (χ2n) is 4.55. The number of nitrogens with one attached hydrogen (secondary N) is 1. The Morgan fingerprint density at radius 2 is 2.38 bits per heavy atom. The standard InChI is InChI=1S/C11H24N4O/c1-4-10-8-15(5-6-16-10)11(14-12)13-7-9(2)3/h9-10H,4-8,12H2,1-3H3,(H,13,14). The third-order valence-electron chi connectivity index (χ3n) is 2.63. The summed E-state index contributed by atoms with van der Waals surface area (Å²) in [7, 11) is 0. The van der Waals surface area contributed by atoms with Crippen molar-refractivity contribution in [2.45, 2.75) is 33.3 Å². The summed E-state index contributed by atoms with van der Waals surface area (Å²) in [6.45, 7) is 9.70. The Labute approximate surface area is 98.0 Å². The first-order valence-electron chi connectivity index (χ1n) is 6.05. The Balaban J connectivity index is 2.54. The van der Waals surface area contributed by atoms with Gasteiger partial charge in [-0.3, -0.25) is 10.4 Å². The van der Waals surface area contributed by atoms with Gasteiger partial charge >= 0.3 is 0 Å². The van der Waals surface area contributed by atoms with Crippen molar-refractivity contribution in [3.05, 3.63) is 0 Å². The van der Waals surface area contributed by atoms with Gasteiger partial charge in [-0.2, -0.15) is 0 Å². The lowest BCUT2D eigenvalue weighted by molar-refractivity contribution is -0.00813. The molecule has 0 aromatic carbocycles. The van der Waals surface area contributed by atoms with E-state index in [1.807, 2.05) is 0 Å². The molecule has 0 bridgehead atoms. The zero-order chi connectivity index (χ0) is 12.0. The van der Waals surface area contributed by atoms with Crippen molar-refractivity contribution in [2.75, 3.05) is 26.2 Å². The van der Waals surface area contributed by atoms with E-state index in [0.29, 0.717) is 12.0 Å². The predicted molar refractivity (Wildman–Crippen MR) is 66.1 cm³/mol. The van der Waals surface area contributed by atoms with Gasteiger partial charge in [0.25, 0.3) is 0 Å². The minimum Gasteiger partial charge on any atom is -0.375 e. The van der Waals surface area contributed by atoms with Gasteiger partial charge in [0.15, 0.2) is 0 Å². The Bertz CT molecular complexity index is 230. The molecule has 1 atom stereocenters. The van der Waals surface area contributed by atoms with Gasteiger partial charge in [0.1, 0.15) is 0 Å². The van der Waals surface area contributed by atoms with Gasteiger partial charge in [-0.1, -0.05) is 20.8 Å². The van der Waals surface area contributed by atoms with Crippen molar-refractivity contribution >= 4 is 5.96 Å². The van der Waals surface area contributed by atoms with Crippen molar-refractivity contribution in [1.82, 2.24) is 10.3 Å². The van der Waals surface area contributed by atoms with E-state index in [1.54, 1.807) is 0 Å². The minimum absolute atomic E-state index is 0.298. The number of ether oxygens (including phenoxy) is 1. The average Bonchev–Trinajstić information content (AvgIpc) is 2.30. The molecule has 1 aliphatic heterocycles. The molecule has 1 aliphatic rings. The number of nitrogens with zero attached hydrogens (tertiary/aromatic N) is 2. The summed E-state index contributed by atoms with van der Waals surface area (Å²) in [6.07, 6.45) is 1.32. The fourth-order valence-electron chi connectivity index (χ4n) is 1.66. The molecule has 0 aliphatic carbocycles. The van der Waals surface area contributed by atoms with Crippen molar-refractivity contribution in [1.29, 1.82) is 0 Å². The van der Waals surface area contributed by atoms with E-state index in [-0.39, 0.29) is 0 Å². The summed E-state index contributed by atoms with van der Waals surface area (Å²) in [5, 5.41) is 0. The third-order valence-corrected chi connectivity index (χ3v) is 2.63. The zero-order valence-electron chi connectivity index (χ0n) is 10.6. The van der Waals surface area contributed by atoms with Crippen LogP contribution in [0.5, 0.6) is 0 Å². The fourth-order valence-corrected chi connectivity index (χ4v) is 1.66. The van der Waals surface area contributed by atoms with Gasteiger partial charge in [-0.25, -0.2) is 5.84 Å². The summed E-state index contributed by atoms with van der Waals surface area (Å²) < 4.78 is 5.61. The van der Waals surface area contributed by atoms with E-state index in [9.17, 15) is 0 Å². The van der Waals surface area contributed by atoms with E-state index in [2.05, 4.69) is 36.1 Å². The highest BCUT2D eigenvalue weighted by molar-refractivity contribution is 5.79. The lowest BCUT2D eigenvalue weighted by Crippen LogP contribution is -2.52. The molecule has 0 aromatic heterocycles. The summed E-state index contributed by atoms with van der Waals surface area (Å²) in [5.41, 5.74) is 2.69. The topological polar surface area (TPSA) is 62.9 Å². The van der Waals surface area contributed by atoms with E-state index < -0.39 is 0 Å². The van der Waals surface area contributed by atoms with Gasteiger partial charge in [0, 0.05) is 19.6 Å². The van der Waals surface area contributed by atoms with Crippen LogP contribution >= 0.6 is 0 Å². The van der Waals surface area contributed by atoms with Gasteiger partial charge in [-0.05, 0) is 12.3 Å². The fraction of sp³-hybridized carbons (Fsp3) is 0.909. The zero-order valence-corrected chi connectivity index (χ0v) is 10.6. The number of hydrazine groups is 1. The maximum absolute atomic E-state index is 5.61. The second-order valence-corrected chi connectivity index (χ2v) is 4.55. The minimum atomic E-state index is 0.298. The molecular weight excluding hydrogens is 204 g/mol. The quantitative estimate of drug-likeness (QED) is 0.321. The molecular formula is C11H24N4O. The van der Waals surface area contributed by atoms with Crippen molar-refractivity contribution in [3.8, 4) is 0 Å². The van der Waals surface area contributed by atoms with Crippen LogP contribution in [-0.2, 0) is 4.74 Å². The average molecular weight is 228 g/mol. The van der Waals surface area contributed by atoms with Crippen LogP contribution in [0.3, 0.4) is 0 Å². The van der Waals surface area contributed by atoms with Crippen molar-refractivity contribution in [3.63, 3.8) is 0 Å². The molecule has 0 spiro atoms. The van der Waals surface area contributed by atoms with E-state index in [1.165, 1.54) is 0 Å². The van der Waals surface area contributed by atoms with E-state index >= 15 is 0 Å². The second kappa shape index (κ2) is 6.70. The number of morpholine rings is 1. The molecule has 1 unspecified atom stereocenters. The summed E-state index contributed by atoms with van der Waals surface area (Å²) in [4.78, 5) is 6.65. The first-order chi connectivity index (χ1) is 7.67. The Morgan fingerprint density at radius 1 is 1.62 bits per heavy atom. The number of aliphatic imine (C=N–C) groups is 1. The first-order valence-corrected chi connectivity index (χ1v) is 6.05. The number of guanidine groups is 1. The number of rotatable bonds is 3. The molecule has 0 aromatic rings. The molecule has 0 saturated carbocycles. The SMILES string of the molecule is CCC1CN(C(=NCC(C)C)NN)CCO1. The van der Waals surface area contributed by atoms with E-state index in [0.717, 1.165) is 38.6 Å². The maximum atomic E-state index is 5.61. The summed E-state index contributed by atoms with van der Waals surface area (Å²) in [5.74, 6) is 6.85. The molecule has 0 amide bonds. The molecule has 1 saturated heterocycles. The van der Waals surface area contributed by atoms with E-state index in [4.69, 9.17) is 10.6 Å². The van der Waals surface area contributed by atoms with Crippen molar-refractivity contribution < 1.29 is 4.74 Å². The van der Waals surface area contributed by atoms with Gasteiger partial charge < -0.3 is 9.64 Å². The van der Waals surface area contributed by atoms with Crippen LogP contribution in [0.1, 0.15) is 27.2 Å². The van der Waals surface area contributed by atoms with Crippen LogP contribution in [0.25, 0.3) is 0 Å². The molecule has 0 radical (unpaired) electrons. The number of hydrogen-bond acceptors (Lipinski definition) is 3. The monoisotopic (exact) mass is 228 g/mol. The van der Waals surface area contributed by atoms with Crippen LogP contribution in [0.2, 0.25) is 0 Å². The summed E-state index contributed by atoms with van der Waals surface area (Å²) >= 11 is 0. The highest BCUT2D eigenvalue weighted by atomic mass is 16.5. The molecule has 94 valence electrons. The van der Waals surface area contributed by atoms with Crippen LogP contribution in [-0.4, -0.2) is 43.2 Å². The third kappa shape index (κ3) is 3.98. The smallest absolute Gasteiger partial charge is 0.208 e. The van der Waals surface area contributed by atoms with Crippen LogP contribution in [0.4, 0.5) is 0 Å². The maximum Gasteiger partial charge on any atom is 0.208 e. The molecule has 1 heterocycles. The van der Waals surface area contributed by atoms with Gasteiger partial charge in [0.05, 0.1) is 12.7 Å². The highest BCUT2D eigenvalue weighted by Gasteiger charge is 2.21. The molecule has 1 fully saturated rings. The lowest BCUT2D eigenvalue weighted by Gasteiger charge is -2.34. The molecule has 3 N–H and O–H groups in total. The number of nitrogens with two attached hydrogens (primary N) is 1. The molecule has 16 heavy (non-hydrogen) atoms. The highest BCUT2D eigenvalue weighted by Crippen LogP contribution is 2.08. The first kappa shape index (κ1) is 13.3. The Morgan fingerprint density at radius 3 is 2.94 bits per heavy atom. The summed E-state index contributed by atoms with van der Waals surface area (Å²) in [6, 6.07) is 0. The molecule has 5 nitrogen and oxygen atoms in total. The predicted octanol–water partition coefficient (Wildman–Crippen LogP) is 0.573. The van der Waals surface area contributed by atoms with Crippen LogP contribution < -0.4 is 11.3 Å². The lowest BCUT2D eigenvalue weighted by atomic mass is 10.2. The van der Waals surface area contributed by atoms with Crippen molar-refractivity contribution in [2.24, 2.45) is 16.8 Å². The Kier molecular flexibility index (Phi) is 5.55.